The van der Waals surface area contributed by atoms with Gasteiger partial charge < -0.3 is 4.74 Å². The lowest BCUT2D eigenvalue weighted by atomic mass is 10.1. The van der Waals surface area contributed by atoms with Gasteiger partial charge in [-0.05, 0) is 25.3 Å². The molecule has 0 saturated heterocycles. The van der Waals surface area contributed by atoms with Gasteiger partial charge >= 0.3 is 5.97 Å². The Bertz CT molecular complexity index is 1070. The summed E-state index contributed by atoms with van der Waals surface area (Å²) in [4.78, 5) is 22.1. The van der Waals surface area contributed by atoms with E-state index in [9.17, 15) is 4.79 Å². The smallest absolute Gasteiger partial charge is 0.350 e. The third-order valence-corrected chi connectivity index (χ3v) is 5.48. The molecule has 6 nitrogen and oxygen atoms in total. The Labute approximate surface area is 177 Å². The van der Waals surface area contributed by atoms with E-state index in [-0.39, 0.29) is 5.97 Å². The first-order chi connectivity index (χ1) is 14.2. The molecule has 0 aliphatic rings. The van der Waals surface area contributed by atoms with Crippen LogP contribution in [0.1, 0.15) is 16.6 Å². The fourth-order valence-electron chi connectivity index (χ4n) is 2.57. The molecule has 2 aromatic carbocycles. The van der Waals surface area contributed by atoms with Gasteiger partial charge in [-0.3, -0.25) is 5.32 Å². The Hall–Kier alpha value is -3.15. The molecule has 0 spiro atoms. The topological polar surface area (TPSA) is 87.4 Å². The number of hydrogen-bond acceptors (Lipinski definition) is 7. The first-order valence-corrected chi connectivity index (χ1v) is 10.8. The molecule has 0 aliphatic carbocycles. The van der Waals surface area contributed by atoms with Crippen molar-refractivity contribution >= 4 is 39.9 Å². The molecule has 0 aliphatic heterocycles. The van der Waals surface area contributed by atoms with Crippen molar-refractivity contribution in [3.8, 4) is 28.0 Å². The highest BCUT2D eigenvalue weighted by Crippen LogP contribution is 2.35. The number of esters is 1. The molecule has 0 saturated carbocycles. The summed E-state index contributed by atoms with van der Waals surface area (Å²) in [6.07, 6.45) is 3.71. The second-order valence-electron chi connectivity index (χ2n) is 5.69. The molecule has 0 unspecified atom stereocenters. The molecule has 3 rings (SSSR count). The maximum atomic E-state index is 12.5. The molecule has 29 heavy (non-hydrogen) atoms. The number of nitrogens with zero attached hydrogens (tertiary/aromatic N) is 3. The minimum atomic E-state index is -0.382. The number of nitrogens with one attached hydrogen (secondary N) is 1. The zero-order chi connectivity index (χ0) is 20.6. The minimum Gasteiger partial charge on any atom is -0.462 e. The van der Waals surface area contributed by atoms with E-state index in [0.717, 1.165) is 11.1 Å². The summed E-state index contributed by atoms with van der Waals surface area (Å²) in [7, 11) is 0. The van der Waals surface area contributed by atoms with Crippen molar-refractivity contribution in [1.82, 2.24) is 10.3 Å². The van der Waals surface area contributed by atoms with Crippen LogP contribution < -0.4 is 5.32 Å². The van der Waals surface area contributed by atoms with Gasteiger partial charge in [0.2, 0.25) is 0 Å². The van der Waals surface area contributed by atoms with Gasteiger partial charge in [-0.25, -0.2) is 14.8 Å². The van der Waals surface area contributed by atoms with Crippen LogP contribution in [-0.2, 0) is 4.74 Å². The molecule has 3 aromatic rings. The normalized spacial score (nSPS) is 11.0. The predicted octanol–water partition coefficient (Wildman–Crippen LogP) is 5.07. The lowest BCUT2D eigenvalue weighted by molar-refractivity contribution is 0.0532. The highest BCUT2D eigenvalue weighted by atomic mass is 32.2. The summed E-state index contributed by atoms with van der Waals surface area (Å²) in [5, 5.41) is 12.6. The fraction of sp³-hybridized carbons (Fsp3) is 0.143. The Morgan fingerprint density at radius 1 is 1.24 bits per heavy atom. The second kappa shape index (κ2) is 9.87. The number of benzene rings is 2. The van der Waals surface area contributed by atoms with Crippen LogP contribution >= 0.6 is 23.1 Å². The molecule has 0 atom stereocenters. The van der Waals surface area contributed by atoms with Crippen LogP contribution in [0.3, 0.4) is 0 Å². The number of rotatable bonds is 5. The summed E-state index contributed by atoms with van der Waals surface area (Å²) in [5.41, 5.74) is 2.98. The van der Waals surface area contributed by atoms with Crippen LogP contribution in [0.5, 0.6) is 0 Å². The molecule has 0 amide bonds. The van der Waals surface area contributed by atoms with Crippen LogP contribution in [-0.4, -0.2) is 29.0 Å². The van der Waals surface area contributed by atoms with Gasteiger partial charge in [0.1, 0.15) is 9.88 Å². The van der Waals surface area contributed by atoms with Crippen molar-refractivity contribution in [1.29, 1.82) is 5.26 Å². The van der Waals surface area contributed by atoms with E-state index in [1.54, 1.807) is 6.92 Å². The predicted molar refractivity (Wildman–Crippen MR) is 118 cm³/mol. The molecule has 0 radical (unpaired) electrons. The van der Waals surface area contributed by atoms with Crippen molar-refractivity contribution < 1.29 is 9.53 Å². The highest BCUT2D eigenvalue weighted by molar-refractivity contribution is 8.13. The number of nitriles is 1. The number of aromatic nitrogens is 1. The summed E-state index contributed by atoms with van der Waals surface area (Å²) >= 11 is 2.64. The van der Waals surface area contributed by atoms with Gasteiger partial charge in [0, 0.05) is 11.1 Å². The van der Waals surface area contributed by atoms with E-state index in [1.165, 1.54) is 23.1 Å². The number of carbonyl (C=O) groups is 1. The van der Waals surface area contributed by atoms with E-state index in [4.69, 9.17) is 15.0 Å². The summed E-state index contributed by atoms with van der Waals surface area (Å²) < 4.78 is 5.23. The minimum absolute atomic E-state index is 0.299. The molecular formula is C21H18N4O2S2. The first-order valence-electron chi connectivity index (χ1n) is 8.77. The zero-order valence-electron chi connectivity index (χ0n) is 15.9. The first kappa shape index (κ1) is 20.6. The summed E-state index contributed by atoms with van der Waals surface area (Å²) in [6.45, 7) is 2.08. The molecule has 0 fully saturated rings. The van der Waals surface area contributed by atoms with Crippen molar-refractivity contribution in [3.05, 3.63) is 59.5 Å². The van der Waals surface area contributed by atoms with Crippen LogP contribution in [0.4, 0.5) is 5.69 Å². The summed E-state index contributed by atoms with van der Waals surface area (Å²) in [6, 6.07) is 17.1. The number of thiazole rings is 1. The average molecular weight is 423 g/mol. The van der Waals surface area contributed by atoms with Gasteiger partial charge in [-0.2, -0.15) is 5.26 Å². The highest BCUT2D eigenvalue weighted by Gasteiger charge is 2.21. The quantitative estimate of drug-likeness (QED) is 0.203. The Morgan fingerprint density at radius 2 is 2.00 bits per heavy atom. The number of aliphatic imine (C=N–C) groups is 1. The zero-order valence-corrected chi connectivity index (χ0v) is 17.5. The van der Waals surface area contributed by atoms with E-state index in [1.807, 2.05) is 67.0 Å². The molecule has 1 heterocycles. The molecule has 1 aromatic heterocycles. The number of hydrogen-bond donors (Lipinski definition) is 1. The lowest BCUT2D eigenvalue weighted by Gasteiger charge is -2.02. The van der Waals surface area contributed by atoms with Gasteiger partial charge in [-0.1, -0.05) is 54.2 Å². The second-order valence-corrected chi connectivity index (χ2v) is 7.49. The van der Waals surface area contributed by atoms with E-state index in [2.05, 4.69) is 10.3 Å². The van der Waals surface area contributed by atoms with Gasteiger partial charge in [-0.15, -0.1) is 11.3 Å². The van der Waals surface area contributed by atoms with Crippen LogP contribution in [0.2, 0.25) is 0 Å². The SMILES string of the molecule is CCOC(=O)c1sc(-c2cccc(N=C(NC#N)SC)c2)nc1-c1ccccc1. The van der Waals surface area contributed by atoms with Gasteiger partial charge in [0.15, 0.2) is 11.4 Å². The number of amidine groups is 1. The van der Waals surface area contributed by atoms with Crippen LogP contribution in [0.15, 0.2) is 59.6 Å². The molecule has 8 heteroatoms. The molecule has 0 bridgehead atoms. The van der Waals surface area contributed by atoms with E-state index >= 15 is 0 Å². The van der Waals surface area contributed by atoms with Crippen LogP contribution in [0, 0.1) is 11.5 Å². The van der Waals surface area contributed by atoms with Crippen molar-refractivity contribution in [2.45, 2.75) is 6.92 Å². The van der Waals surface area contributed by atoms with Crippen molar-refractivity contribution in [3.63, 3.8) is 0 Å². The molecular weight excluding hydrogens is 404 g/mol. The lowest BCUT2D eigenvalue weighted by Crippen LogP contribution is -2.12. The monoisotopic (exact) mass is 422 g/mol. The third kappa shape index (κ3) is 5.02. The third-order valence-electron chi connectivity index (χ3n) is 3.82. The van der Waals surface area contributed by atoms with E-state index < -0.39 is 0 Å². The maximum Gasteiger partial charge on any atom is 0.350 e. The largest absolute Gasteiger partial charge is 0.462 e. The summed E-state index contributed by atoms with van der Waals surface area (Å²) in [5.74, 6) is -0.382. The Morgan fingerprint density at radius 3 is 2.69 bits per heavy atom. The van der Waals surface area contributed by atoms with Crippen LogP contribution in [0.25, 0.3) is 21.8 Å². The van der Waals surface area contributed by atoms with Crippen molar-refractivity contribution in [2.75, 3.05) is 12.9 Å². The standard InChI is InChI=1S/C21H18N4O2S2/c1-3-27-20(26)18-17(14-8-5-4-6-9-14)25-19(29-18)15-10-7-11-16(12-15)24-21(28-2)23-13-22/h4-12H,3H2,1-2H3,(H,23,24). The van der Waals surface area contributed by atoms with Gasteiger partial charge in [0.05, 0.1) is 18.0 Å². The number of carbonyl (C=O) groups excluding carboxylic acids is 1. The molecule has 146 valence electrons. The maximum absolute atomic E-state index is 12.5. The average Bonchev–Trinajstić information content (AvgIpc) is 3.20. The van der Waals surface area contributed by atoms with E-state index in [0.29, 0.717) is 33.0 Å². The number of thioether (sulfide) groups is 1. The Balaban J connectivity index is 2.05. The van der Waals surface area contributed by atoms with Gasteiger partial charge in [0.25, 0.3) is 0 Å². The molecule has 1 N–H and O–H groups in total. The fourth-order valence-corrected chi connectivity index (χ4v) is 3.89. The van der Waals surface area contributed by atoms with Crippen molar-refractivity contribution in [2.24, 2.45) is 4.99 Å². The number of ether oxygens (including phenoxy) is 1. The Kier molecular flexibility index (Phi) is 7.00.